The van der Waals surface area contributed by atoms with Crippen LogP contribution in [0.1, 0.15) is 55.4 Å². The topological polar surface area (TPSA) is 473 Å². The van der Waals surface area contributed by atoms with E-state index >= 15 is 0 Å². The van der Waals surface area contributed by atoms with Crippen LogP contribution in [0.5, 0.6) is 0 Å². The first kappa shape index (κ1) is 65.9. The predicted octanol–water partition coefficient (Wildman–Crippen LogP) is -9.02. The van der Waals surface area contributed by atoms with Crippen molar-refractivity contribution in [2.45, 2.75) is 257 Å². The van der Waals surface area contributed by atoms with Crippen molar-refractivity contribution < 1.29 is 153 Å². The molecule has 0 bridgehead atoms. The van der Waals surface area contributed by atoms with Crippen molar-refractivity contribution in [3.05, 3.63) is 0 Å². The van der Waals surface area contributed by atoms with Crippen molar-refractivity contribution in [3.8, 4) is 0 Å². The van der Waals surface area contributed by atoms with Gasteiger partial charge in [0.05, 0.1) is 56.9 Å². The standard InChI is InChI=1S/C47H84O31/c1-15(2)66-34-16(9-48)68-41(29(60)23(34)54)74-36-18(11-50)69-42(30(61)24(36)55)73-35-17(10-49)67-40(28(59)22(35)53)65-14-21-38(76-43-32(63)27(58)39(20(13-52)70-43)77-46(3,4)5)25(56)31(62)44(72-21)75-37-19(12-51)71-45(33(64)26(37)57)78-47(6,7)8/h15-45,48-64H,9-14H2,1-8H3. The van der Waals surface area contributed by atoms with Crippen LogP contribution in [0.3, 0.4) is 0 Å². The smallest absolute Gasteiger partial charge is 0.187 e. The Labute approximate surface area is 449 Å². The molecule has 17 N–H and O–H groups in total. The van der Waals surface area contributed by atoms with E-state index in [1.807, 2.05) is 0 Å². The Morgan fingerprint density at radius 3 is 0.923 bits per heavy atom. The van der Waals surface area contributed by atoms with Crippen molar-refractivity contribution >= 4 is 0 Å². The zero-order valence-corrected chi connectivity index (χ0v) is 44.5. The van der Waals surface area contributed by atoms with Gasteiger partial charge < -0.3 is 153 Å². The molecule has 0 amide bonds. The highest BCUT2D eigenvalue weighted by molar-refractivity contribution is 5.00. The number of ether oxygens (including phenoxy) is 14. The first-order valence-electron chi connectivity index (χ1n) is 25.9. The number of rotatable bonds is 20. The summed E-state index contributed by atoms with van der Waals surface area (Å²) in [6, 6.07) is 0. The monoisotopic (exact) mass is 1140 g/mol. The van der Waals surface area contributed by atoms with Gasteiger partial charge in [-0.05, 0) is 55.4 Å². The maximum Gasteiger partial charge on any atom is 0.187 e. The highest BCUT2D eigenvalue weighted by Gasteiger charge is 2.57. The maximum atomic E-state index is 11.7. The van der Waals surface area contributed by atoms with E-state index in [-0.39, 0.29) is 0 Å². The number of aliphatic hydroxyl groups excluding tert-OH is 17. The molecule has 6 heterocycles. The number of aliphatic hydroxyl groups is 17. The van der Waals surface area contributed by atoms with Gasteiger partial charge in [0.15, 0.2) is 37.7 Å². The normalized spacial score (nSPS) is 48.1. The molecule has 0 aliphatic carbocycles. The molecule has 30 unspecified atom stereocenters. The molecule has 0 aromatic heterocycles. The molecule has 458 valence electrons. The third kappa shape index (κ3) is 15.2. The van der Waals surface area contributed by atoms with Crippen LogP contribution in [0.4, 0.5) is 0 Å². The second kappa shape index (κ2) is 27.6. The van der Waals surface area contributed by atoms with Crippen molar-refractivity contribution in [1.82, 2.24) is 0 Å². The van der Waals surface area contributed by atoms with E-state index in [4.69, 9.17) is 66.3 Å². The average molecular weight is 1150 g/mol. The lowest BCUT2D eigenvalue weighted by molar-refractivity contribution is -0.392. The van der Waals surface area contributed by atoms with Gasteiger partial charge in [0.1, 0.15) is 146 Å². The summed E-state index contributed by atoms with van der Waals surface area (Å²) in [6.07, 6.45) is -53.7. The Hall–Kier alpha value is -1.24. The summed E-state index contributed by atoms with van der Waals surface area (Å²) < 4.78 is 81.0. The van der Waals surface area contributed by atoms with Gasteiger partial charge in [-0.3, -0.25) is 0 Å². The highest BCUT2D eigenvalue weighted by Crippen LogP contribution is 2.37. The van der Waals surface area contributed by atoms with Crippen LogP contribution < -0.4 is 0 Å². The molecule has 6 rings (SSSR count). The van der Waals surface area contributed by atoms with Gasteiger partial charge in [-0.15, -0.1) is 0 Å². The quantitative estimate of drug-likeness (QED) is 0.0538. The van der Waals surface area contributed by atoms with E-state index in [9.17, 15) is 86.8 Å². The van der Waals surface area contributed by atoms with E-state index in [0.717, 1.165) is 0 Å². The van der Waals surface area contributed by atoms with Gasteiger partial charge in [0.2, 0.25) is 0 Å². The summed E-state index contributed by atoms with van der Waals surface area (Å²) in [5, 5.41) is 186. The molecule has 31 heteroatoms. The van der Waals surface area contributed by atoms with Crippen molar-refractivity contribution in [2.24, 2.45) is 0 Å². The lowest BCUT2D eigenvalue weighted by atomic mass is 9.95. The zero-order valence-electron chi connectivity index (χ0n) is 44.5. The molecule has 0 spiro atoms. The molecule has 0 aromatic rings. The van der Waals surface area contributed by atoms with E-state index < -0.39 is 241 Å². The fourth-order valence-electron chi connectivity index (χ4n) is 9.85. The zero-order chi connectivity index (χ0) is 58.0. The van der Waals surface area contributed by atoms with E-state index in [2.05, 4.69) is 0 Å². The van der Waals surface area contributed by atoms with Crippen molar-refractivity contribution in [1.29, 1.82) is 0 Å². The van der Waals surface area contributed by atoms with Gasteiger partial charge in [-0.2, -0.15) is 0 Å². The lowest BCUT2D eigenvalue weighted by Gasteiger charge is -2.49. The highest BCUT2D eigenvalue weighted by atomic mass is 16.8. The van der Waals surface area contributed by atoms with Crippen LogP contribution >= 0.6 is 0 Å². The van der Waals surface area contributed by atoms with Crippen LogP contribution in [-0.2, 0) is 66.3 Å². The Bertz CT molecular complexity index is 1790. The third-order valence-electron chi connectivity index (χ3n) is 13.7. The number of hydrogen-bond donors (Lipinski definition) is 17. The van der Waals surface area contributed by atoms with Crippen molar-refractivity contribution in [2.75, 3.05) is 39.6 Å². The SMILES string of the molecule is CC(C)OC1C(CO)OC(OC2C(CO)OC(OC3C(CO)OC(OCC4OC(OC5C(CO)OC(OC(C)(C)C)C(O)C5O)C(O)C(O)C4OC4OC(CO)C(OC(C)(C)C)C(O)C4O)C(O)C3O)C(O)C2O)C(O)C1O. The van der Waals surface area contributed by atoms with E-state index in [1.165, 1.54) is 0 Å². The van der Waals surface area contributed by atoms with Gasteiger partial charge in [-0.25, -0.2) is 0 Å². The van der Waals surface area contributed by atoms with Crippen LogP contribution in [0, 0.1) is 0 Å². The molecule has 0 radical (unpaired) electrons. The largest absolute Gasteiger partial charge is 0.394 e. The third-order valence-corrected chi connectivity index (χ3v) is 13.7. The van der Waals surface area contributed by atoms with E-state index in [0.29, 0.717) is 0 Å². The summed E-state index contributed by atoms with van der Waals surface area (Å²) in [5.74, 6) is 0. The minimum absolute atomic E-state index is 0.459. The molecule has 6 aliphatic rings. The first-order valence-corrected chi connectivity index (χ1v) is 25.9. The molecular formula is C47H84O31. The molecule has 31 nitrogen and oxygen atoms in total. The number of hydrogen-bond acceptors (Lipinski definition) is 31. The van der Waals surface area contributed by atoms with Crippen molar-refractivity contribution in [3.63, 3.8) is 0 Å². The maximum absolute atomic E-state index is 11.7. The first-order chi connectivity index (χ1) is 36.5. The predicted molar refractivity (Wildman–Crippen MR) is 250 cm³/mol. The molecule has 6 aliphatic heterocycles. The molecule has 30 atom stereocenters. The molecule has 6 fully saturated rings. The molecular weight excluding hydrogens is 1060 g/mol. The Morgan fingerprint density at radius 1 is 0.321 bits per heavy atom. The lowest BCUT2D eigenvalue weighted by Crippen LogP contribution is -2.68. The minimum Gasteiger partial charge on any atom is -0.394 e. The molecule has 78 heavy (non-hydrogen) atoms. The van der Waals surface area contributed by atoms with Gasteiger partial charge in [-0.1, -0.05) is 0 Å². The summed E-state index contributed by atoms with van der Waals surface area (Å²) in [4.78, 5) is 0. The second-order valence-electron chi connectivity index (χ2n) is 22.4. The van der Waals surface area contributed by atoms with Crippen LogP contribution in [0.25, 0.3) is 0 Å². The molecule has 6 saturated heterocycles. The van der Waals surface area contributed by atoms with Gasteiger partial charge in [0.25, 0.3) is 0 Å². The van der Waals surface area contributed by atoms with Gasteiger partial charge >= 0.3 is 0 Å². The minimum atomic E-state index is -2.14. The second-order valence-corrected chi connectivity index (χ2v) is 22.4. The summed E-state index contributed by atoms with van der Waals surface area (Å²) in [6.45, 7) is 8.05. The fourth-order valence-corrected chi connectivity index (χ4v) is 9.85. The average Bonchev–Trinajstić information content (AvgIpc) is 3.38. The van der Waals surface area contributed by atoms with Crippen LogP contribution in [0.15, 0.2) is 0 Å². The molecule has 0 saturated carbocycles. The Morgan fingerprint density at radius 2 is 0.577 bits per heavy atom. The Balaban J connectivity index is 1.18. The van der Waals surface area contributed by atoms with E-state index in [1.54, 1.807) is 55.4 Å². The van der Waals surface area contributed by atoms with Crippen LogP contribution in [0.2, 0.25) is 0 Å². The summed E-state index contributed by atoms with van der Waals surface area (Å²) in [7, 11) is 0. The fraction of sp³-hybridized carbons (Fsp3) is 1.00. The molecule has 0 aromatic carbocycles. The summed E-state index contributed by atoms with van der Waals surface area (Å²) in [5.41, 5.74) is -1.81. The van der Waals surface area contributed by atoms with Crippen LogP contribution in [-0.4, -0.2) is 328 Å². The van der Waals surface area contributed by atoms with Gasteiger partial charge in [0, 0.05) is 0 Å². The summed E-state index contributed by atoms with van der Waals surface area (Å²) >= 11 is 0. The Kier molecular flexibility index (Phi) is 23.4.